The van der Waals surface area contributed by atoms with Crippen LogP contribution in [0.4, 0.5) is 13.2 Å². The maximum Gasteiger partial charge on any atom is 0.417 e. The van der Waals surface area contributed by atoms with Gasteiger partial charge >= 0.3 is 6.18 Å². The summed E-state index contributed by atoms with van der Waals surface area (Å²) in [6, 6.07) is 2.56. The molecule has 4 nitrogen and oxygen atoms in total. The predicted octanol–water partition coefficient (Wildman–Crippen LogP) is 2.25. The molecule has 2 rings (SSSR count). The third-order valence-electron chi connectivity index (χ3n) is 3.28. The number of sulfonamides is 1. The number of hydrogen-bond acceptors (Lipinski definition) is 3. The predicted molar refractivity (Wildman–Crippen MR) is 72.6 cm³/mol. The smallest absolute Gasteiger partial charge is 0.316 e. The average molecular weight is 343 g/mol. The first-order valence-electron chi connectivity index (χ1n) is 6.27. The fourth-order valence-electron chi connectivity index (χ4n) is 2.09. The number of nitrogens with one attached hydrogen (secondary N) is 2. The van der Waals surface area contributed by atoms with Gasteiger partial charge in [-0.3, -0.25) is 0 Å². The maximum atomic E-state index is 12.7. The molecule has 21 heavy (non-hydrogen) atoms. The van der Waals surface area contributed by atoms with E-state index in [4.69, 9.17) is 11.6 Å². The van der Waals surface area contributed by atoms with Gasteiger partial charge < -0.3 is 5.32 Å². The van der Waals surface area contributed by atoms with E-state index in [1.807, 2.05) is 0 Å². The molecule has 118 valence electrons. The zero-order chi connectivity index (χ0) is 15.7. The van der Waals surface area contributed by atoms with Crippen molar-refractivity contribution in [3.63, 3.8) is 0 Å². The Morgan fingerprint density at radius 1 is 1.38 bits per heavy atom. The molecular formula is C12H14ClF3N2O2S. The molecule has 1 unspecified atom stereocenters. The van der Waals surface area contributed by atoms with E-state index in [1.165, 1.54) is 0 Å². The van der Waals surface area contributed by atoms with Crippen LogP contribution in [0.25, 0.3) is 0 Å². The molecule has 1 heterocycles. The highest BCUT2D eigenvalue weighted by Gasteiger charge is 2.34. The lowest BCUT2D eigenvalue weighted by atomic mass is 10.1. The monoisotopic (exact) mass is 342 g/mol. The molecule has 1 aliphatic rings. The summed E-state index contributed by atoms with van der Waals surface area (Å²) < 4.78 is 64.6. The quantitative estimate of drug-likeness (QED) is 0.882. The highest BCUT2D eigenvalue weighted by Crippen LogP contribution is 2.35. The molecule has 0 bridgehead atoms. The van der Waals surface area contributed by atoms with Gasteiger partial charge in [-0.15, -0.1) is 0 Å². The van der Waals surface area contributed by atoms with Crippen molar-refractivity contribution in [2.45, 2.75) is 17.5 Å². The van der Waals surface area contributed by atoms with E-state index in [-0.39, 0.29) is 12.5 Å². The Labute approximate surface area is 125 Å². The summed E-state index contributed by atoms with van der Waals surface area (Å²) in [5, 5.41) is 2.56. The van der Waals surface area contributed by atoms with Gasteiger partial charge in [-0.05, 0) is 43.6 Å². The van der Waals surface area contributed by atoms with Crippen LogP contribution in [0.5, 0.6) is 0 Å². The number of rotatable bonds is 4. The van der Waals surface area contributed by atoms with Crippen LogP contribution in [0, 0.1) is 5.92 Å². The molecule has 0 amide bonds. The Morgan fingerprint density at radius 3 is 2.67 bits per heavy atom. The summed E-state index contributed by atoms with van der Waals surface area (Å²) in [6.45, 7) is 1.70. The van der Waals surface area contributed by atoms with Crippen LogP contribution in [0.1, 0.15) is 12.0 Å². The lowest BCUT2D eigenvalue weighted by Crippen LogP contribution is -2.30. The Hall–Kier alpha value is -0.830. The number of halogens is 4. The first-order valence-corrected chi connectivity index (χ1v) is 8.13. The highest BCUT2D eigenvalue weighted by atomic mass is 35.5. The minimum atomic E-state index is -4.70. The standard InChI is InChI=1S/C12H14ClF3N2O2S/c13-11-2-1-9(5-10(11)12(14,15)16)21(19,20)18-7-8-3-4-17-6-8/h1-2,5,8,17-18H,3-4,6-7H2. The van der Waals surface area contributed by atoms with Crippen LogP contribution in [0.15, 0.2) is 23.1 Å². The van der Waals surface area contributed by atoms with Crippen LogP contribution in [-0.4, -0.2) is 28.1 Å². The minimum absolute atomic E-state index is 0.147. The molecule has 9 heteroatoms. The van der Waals surface area contributed by atoms with E-state index in [0.29, 0.717) is 12.6 Å². The van der Waals surface area contributed by atoms with Crippen LogP contribution < -0.4 is 10.0 Å². The topological polar surface area (TPSA) is 58.2 Å². The van der Waals surface area contributed by atoms with Gasteiger partial charge in [0.2, 0.25) is 10.0 Å². The van der Waals surface area contributed by atoms with Crippen molar-refractivity contribution in [1.82, 2.24) is 10.0 Å². The maximum absolute atomic E-state index is 12.7. The fourth-order valence-corrected chi connectivity index (χ4v) is 3.46. The highest BCUT2D eigenvalue weighted by molar-refractivity contribution is 7.89. The van der Waals surface area contributed by atoms with Gasteiger partial charge in [0.05, 0.1) is 15.5 Å². The lowest BCUT2D eigenvalue weighted by molar-refractivity contribution is -0.137. The van der Waals surface area contributed by atoms with E-state index < -0.39 is 31.7 Å². The first kappa shape index (κ1) is 16.5. The number of benzene rings is 1. The van der Waals surface area contributed by atoms with Crippen LogP contribution in [-0.2, 0) is 16.2 Å². The molecule has 1 fully saturated rings. The second-order valence-electron chi connectivity index (χ2n) is 4.85. The fraction of sp³-hybridized carbons (Fsp3) is 0.500. The molecule has 0 aliphatic carbocycles. The molecule has 0 radical (unpaired) electrons. The summed E-state index contributed by atoms with van der Waals surface area (Å²) >= 11 is 5.47. The summed E-state index contributed by atoms with van der Waals surface area (Å²) in [5.41, 5.74) is -1.16. The first-order chi connectivity index (χ1) is 9.70. The molecule has 0 spiro atoms. The van der Waals surface area contributed by atoms with Gasteiger partial charge in [0.25, 0.3) is 0 Å². The third kappa shape index (κ3) is 4.09. The summed E-state index contributed by atoms with van der Waals surface area (Å²) in [6.07, 6.45) is -3.87. The molecule has 2 N–H and O–H groups in total. The lowest BCUT2D eigenvalue weighted by Gasteiger charge is -2.13. The van der Waals surface area contributed by atoms with E-state index in [0.717, 1.165) is 25.1 Å². The van der Waals surface area contributed by atoms with Gasteiger partial charge in [0.1, 0.15) is 0 Å². The zero-order valence-electron chi connectivity index (χ0n) is 10.9. The number of alkyl halides is 3. The molecule has 1 atom stereocenters. The van der Waals surface area contributed by atoms with Crippen molar-refractivity contribution in [3.05, 3.63) is 28.8 Å². The Morgan fingerprint density at radius 2 is 2.10 bits per heavy atom. The largest absolute Gasteiger partial charge is 0.417 e. The molecule has 0 saturated carbocycles. The van der Waals surface area contributed by atoms with Gasteiger partial charge in [-0.1, -0.05) is 11.6 Å². The van der Waals surface area contributed by atoms with E-state index in [1.54, 1.807) is 0 Å². The molecule has 0 aromatic heterocycles. The second kappa shape index (κ2) is 6.12. The van der Waals surface area contributed by atoms with Crippen LogP contribution >= 0.6 is 11.6 Å². The van der Waals surface area contributed by atoms with Gasteiger partial charge in [0.15, 0.2) is 0 Å². The SMILES string of the molecule is O=S(=O)(NCC1CCNC1)c1ccc(Cl)c(C(F)(F)F)c1. The number of hydrogen-bond donors (Lipinski definition) is 2. The van der Waals surface area contributed by atoms with Crippen molar-refractivity contribution >= 4 is 21.6 Å². The van der Waals surface area contributed by atoms with Crippen molar-refractivity contribution in [2.75, 3.05) is 19.6 Å². The van der Waals surface area contributed by atoms with Gasteiger partial charge in [-0.2, -0.15) is 13.2 Å². The van der Waals surface area contributed by atoms with E-state index in [9.17, 15) is 21.6 Å². The molecule has 1 aromatic carbocycles. The average Bonchev–Trinajstić information content (AvgIpc) is 2.88. The summed E-state index contributed by atoms with van der Waals surface area (Å²) in [4.78, 5) is -0.440. The molecule has 1 aliphatic heterocycles. The summed E-state index contributed by atoms with van der Waals surface area (Å²) in [7, 11) is -3.98. The van der Waals surface area contributed by atoms with Crippen molar-refractivity contribution in [3.8, 4) is 0 Å². The summed E-state index contributed by atoms with van der Waals surface area (Å²) in [5.74, 6) is 0.147. The minimum Gasteiger partial charge on any atom is -0.316 e. The van der Waals surface area contributed by atoms with Crippen molar-refractivity contribution in [1.29, 1.82) is 0 Å². The Kier molecular flexibility index (Phi) is 4.82. The third-order valence-corrected chi connectivity index (χ3v) is 5.03. The van der Waals surface area contributed by atoms with Gasteiger partial charge in [0, 0.05) is 6.54 Å². The van der Waals surface area contributed by atoms with Crippen LogP contribution in [0.3, 0.4) is 0 Å². The van der Waals surface area contributed by atoms with Gasteiger partial charge in [-0.25, -0.2) is 13.1 Å². The molecule has 1 saturated heterocycles. The van der Waals surface area contributed by atoms with E-state index in [2.05, 4.69) is 10.0 Å². The Bertz CT molecular complexity index is 613. The normalized spacial score (nSPS) is 19.9. The van der Waals surface area contributed by atoms with Crippen molar-refractivity contribution < 1.29 is 21.6 Å². The molecular weight excluding hydrogens is 329 g/mol. The second-order valence-corrected chi connectivity index (χ2v) is 7.02. The van der Waals surface area contributed by atoms with Crippen LogP contribution in [0.2, 0.25) is 5.02 Å². The Balaban J connectivity index is 2.19. The van der Waals surface area contributed by atoms with Crippen molar-refractivity contribution in [2.24, 2.45) is 5.92 Å². The zero-order valence-corrected chi connectivity index (χ0v) is 12.4. The molecule has 1 aromatic rings. The van der Waals surface area contributed by atoms with E-state index >= 15 is 0 Å².